The lowest BCUT2D eigenvalue weighted by atomic mass is 10.2. The highest BCUT2D eigenvalue weighted by molar-refractivity contribution is 5.96. The molecule has 0 bridgehead atoms. The van der Waals surface area contributed by atoms with Gasteiger partial charge < -0.3 is 24.1 Å². The lowest BCUT2D eigenvalue weighted by Crippen LogP contribution is -2.36. The van der Waals surface area contributed by atoms with Crippen molar-refractivity contribution in [3.63, 3.8) is 0 Å². The zero-order valence-electron chi connectivity index (χ0n) is 15.1. The van der Waals surface area contributed by atoms with Gasteiger partial charge in [0.1, 0.15) is 5.76 Å². The Morgan fingerprint density at radius 2 is 1.93 bits per heavy atom. The highest BCUT2D eigenvalue weighted by Crippen LogP contribution is 2.19. The van der Waals surface area contributed by atoms with E-state index < -0.39 is 18.0 Å². The third-order valence-electron chi connectivity index (χ3n) is 4.10. The summed E-state index contributed by atoms with van der Waals surface area (Å²) >= 11 is 0. The maximum Gasteiger partial charge on any atom is 0.331 e. The van der Waals surface area contributed by atoms with Gasteiger partial charge in [-0.2, -0.15) is 0 Å². The van der Waals surface area contributed by atoms with Gasteiger partial charge in [-0.15, -0.1) is 0 Å². The SMILES string of the molecule is C[C@H](OC(=O)/C=C/c1ccco1)C(=O)Nc1ccc(N2CCOCC2)cc1. The lowest BCUT2D eigenvalue weighted by Gasteiger charge is -2.28. The number of benzene rings is 1. The average Bonchev–Trinajstić information content (AvgIpc) is 3.21. The van der Waals surface area contributed by atoms with E-state index in [0.29, 0.717) is 11.4 Å². The smallest absolute Gasteiger partial charge is 0.331 e. The van der Waals surface area contributed by atoms with E-state index in [2.05, 4.69) is 10.2 Å². The number of hydrogen-bond donors (Lipinski definition) is 1. The summed E-state index contributed by atoms with van der Waals surface area (Å²) in [5, 5.41) is 2.74. The highest BCUT2D eigenvalue weighted by atomic mass is 16.5. The van der Waals surface area contributed by atoms with Crippen LogP contribution >= 0.6 is 0 Å². The van der Waals surface area contributed by atoms with E-state index in [1.165, 1.54) is 25.3 Å². The number of furan rings is 1. The van der Waals surface area contributed by atoms with Gasteiger partial charge in [-0.25, -0.2) is 4.79 Å². The third-order valence-corrected chi connectivity index (χ3v) is 4.10. The molecule has 1 amide bonds. The monoisotopic (exact) mass is 370 g/mol. The molecule has 0 unspecified atom stereocenters. The van der Waals surface area contributed by atoms with Crippen molar-refractivity contribution in [2.45, 2.75) is 13.0 Å². The quantitative estimate of drug-likeness (QED) is 0.622. The number of carbonyl (C=O) groups excluding carboxylic acids is 2. The molecule has 27 heavy (non-hydrogen) atoms. The van der Waals surface area contributed by atoms with Crippen molar-refractivity contribution in [1.29, 1.82) is 0 Å². The van der Waals surface area contributed by atoms with Crippen molar-refractivity contribution in [3.8, 4) is 0 Å². The van der Waals surface area contributed by atoms with Crippen LogP contribution < -0.4 is 10.2 Å². The molecule has 1 saturated heterocycles. The summed E-state index contributed by atoms with van der Waals surface area (Å²) in [6.07, 6.45) is 3.29. The topological polar surface area (TPSA) is 81.0 Å². The fourth-order valence-electron chi connectivity index (χ4n) is 2.62. The lowest BCUT2D eigenvalue weighted by molar-refractivity contribution is -0.148. The number of hydrogen-bond acceptors (Lipinski definition) is 6. The summed E-state index contributed by atoms with van der Waals surface area (Å²) in [6, 6.07) is 11.0. The van der Waals surface area contributed by atoms with Gasteiger partial charge >= 0.3 is 5.97 Å². The van der Waals surface area contributed by atoms with Gasteiger partial charge in [-0.05, 0) is 49.4 Å². The van der Waals surface area contributed by atoms with Gasteiger partial charge in [0.15, 0.2) is 6.10 Å². The molecule has 2 aromatic rings. The molecule has 7 heteroatoms. The van der Waals surface area contributed by atoms with Crippen molar-refractivity contribution < 1.29 is 23.5 Å². The second-order valence-electron chi connectivity index (χ2n) is 6.06. The second-order valence-corrected chi connectivity index (χ2v) is 6.06. The largest absolute Gasteiger partial charge is 0.465 e. The number of nitrogens with zero attached hydrogens (tertiary/aromatic N) is 1. The molecule has 3 rings (SSSR count). The first-order valence-corrected chi connectivity index (χ1v) is 8.77. The Bertz CT molecular complexity index is 777. The zero-order valence-corrected chi connectivity index (χ0v) is 15.1. The Morgan fingerprint density at radius 3 is 2.59 bits per heavy atom. The highest BCUT2D eigenvalue weighted by Gasteiger charge is 2.17. The Hall–Kier alpha value is -3.06. The molecule has 0 spiro atoms. The fourth-order valence-corrected chi connectivity index (χ4v) is 2.62. The van der Waals surface area contributed by atoms with Crippen LogP contribution in [0.5, 0.6) is 0 Å². The van der Waals surface area contributed by atoms with Crippen LogP contribution in [0.4, 0.5) is 11.4 Å². The standard InChI is InChI=1S/C20H22N2O5/c1-15(27-19(23)9-8-18-3-2-12-26-18)20(24)21-16-4-6-17(7-5-16)22-10-13-25-14-11-22/h2-9,12,15H,10-11,13-14H2,1H3,(H,21,24)/b9-8+/t15-/m0/s1. The van der Waals surface area contributed by atoms with Gasteiger partial charge in [-0.1, -0.05) is 0 Å². The molecule has 1 N–H and O–H groups in total. The summed E-state index contributed by atoms with van der Waals surface area (Å²) in [5.74, 6) is -0.477. The summed E-state index contributed by atoms with van der Waals surface area (Å²) in [4.78, 5) is 26.2. The number of carbonyl (C=O) groups is 2. The second kappa shape index (κ2) is 9.05. The number of esters is 1. The molecule has 0 radical (unpaired) electrons. The maximum atomic E-state index is 12.2. The minimum atomic E-state index is -0.919. The zero-order chi connectivity index (χ0) is 19.1. The first-order chi connectivity index (χ1) is 13.1. The van der Waals surface area contributed by atoms with Crippen molar-refractivity contribution >= 4 is 29.3 Å². The Labute approximate surface area is 157 Å². The van der Waals surface area contributed by atoms with E-state index in [1.54, 1.807) is 12.1 Å². The van der Waals surface area contributed by atoms with Crippen LogP contribution in [0.15, 0.2) is 53.2 Å². The van der Waals surface area contributed by atoms with Crippen LogP contribution in [-0.2, 0) is 19.1 Å². The summed E-state index contributed by atoms with van der Waals surface area (Å²) in [5.41, 5.74) is 1.73. The molecule has 2 heterocycles. The van der Waals surface area contributed by atoms with E-state index in [1.807, 2.05) is 24.3 Å². The molecular formula is C20H22N2O5. The molecule has 1 atom stereocenters. The first kappa shape index (κ1) is 18.7. The van der Waals surface area contributed by atoms with E-state index in [4.69, 9.17) is 13.9 Å². The number of anilines is 2. The van der Waals surface area contributed by atoms with Crippen LogP contribution in [0.1, 0.15) is 12.7 Å². The molecule has 1 fully saturated rings. The molecule has 1 aromatic carbocycles. The van der Waals surface area contributed by atoms with Crippen LogP contribution in [0.3, 0.4) is 0 Å². The number of morpholine rings is 1. The van der Waals surface area contributed by atoms with Crippen molar-refractivity contribution in [2.24, 2.45) is 0 Å². The molecule has 1 aliphatic rings. The van der Waals surface area contributed by atoms with Crippen LogP contribution in [0, 0.1) is 0 Å². The fraction of sp³-hybridized carbons (Fsp3) is 0.300. The predicted octanol–water partition coefficient (Wildman–Crippen LogP) is 2.70. The first-order valence-electron chi connectivity index (χ1n) is 8.77. The molecule has 1 aromatic heterocycles. The van der Waals surface area contributed by atoms with Gasteiger partial charge in [0.2, 0.25) is 0 Å². The van der Waals surface area contributed by atoms with E-state index in [9.17, 15) is 9.59 Å². The van der Waals surface area contributed by atoms with Gasteiger partial charge in [0, 0.05) is 30.5 Å². The molecule has 142 valence electrons. The van der Waals surface area contributed by atoms with Gasteiger partial charge in [-0.3, -0.25) is 4.79 Å². The Balaban J connectivity index is 1.49. The number of ether oxygens (including phenoxy) is 2. The van der Waals surface area contributed by atoms with Crippen molar-refractivity contribution in [1.82, 2.24) is 0 Å². The normalized spacial score (nSPS) is 15.5. The van der Waals surface area contributed by atoms with Crippen LogP contribution in [-0.4, -0.2) is 44.3 Å². The molecule has 0 saturated carbocycles. The average molecular weight is 370 g/mol. The van der Waals surface area contributed by atoms with Gasteiger partial charge in [0.05, 0.1) is 19.5 Å². The molecule has 0 aliphatic carbocycles. The molecular weight excluding hydrogens is 348 g/mol. The molecule has 1 aliphatic heterocycles. The number of amides is 1. The number of nitrogens with one attached hydrogen (secondary N) is 1. The predicted molar refractivity (Wildman–Crippen MR) is 101 cm³/mol. The Morgan fingerprint density at radius 1 is 1.19 bits per heavy atom. The van der Waals surface area contributed by atoms with Crippen LogP contribution in [0.25, 0.3) is 6.08 Å². The minimum absolute atomic E-state index is 0.395. The van der Waals surface area contributed by atoms with E-state index in [0.717, 1.165) is 32.0 Å². The maximum absolute atomic E-state index is 12.2. The van der Waals surface area contributed by atoms with E-state index in [-0.39, 0.29) is 0 Å². The van der Waals surface area contributed by atoms with Crippen molar-refractivity contribution in [3.05, 3.63) is 54.5 Å². The van der Waals surface area contributed by atoms with Gasteiger partial charge in [0.25, 0.3) is 5.91 Å². The summed E-state index contributed by atoms with van der Waals surface area (Å²) in [6.45, 7) is 4.66. The third kappa shape index (κ3) is 5.46. The Kier molecular flexibility index (Phi) is 6.27. The number of rotatable bonds is 6. The summed E-state index contributed by atoms with van der Waals surface area (Å²) < 4.78 is 15.5. The minimum Gasteiger partial charge on any atom is -0.465 e. The molecule has 7 nitrogen and oxygen atoms in total. The summed E-state index contributed by atoms with van der Waals surface area (Å²) in [7, 11) is 0. The van der Waals surface area contributed by atoms with Crippen LogP contribution in [0.2, 0.25) is 0 Å². The van der Waals surface area contributed by atoms with Crippen molar-refractivity contribution in [2.75, 3.05) is 36.5 Å². The van der Waals surface area contributed by atoms with E-state index >= 15 is 0 Å².